The zero-order valence-corrected chi connectivity index (χ0v) is 15.9. The van der Waals surface area contributed by atoms with E-state index in [-0.39, 0.29) is 6.42 Å². The van der Waals surface area contributed by atoms with E-state index in [4.69, 9.17) is 5.73 Å². The number of carbonyl (C=O) groups is 4. The number of aliphatic hydroxyl groups excluding tert-OH is 2. The molecule has 0 aliphatic heterocycles. The van der Waals surface area contributed by atoms with Gasteiger partial charge in [-0.25, -0.2) is 4.79 Å². The topological polar surface area (TPSA) is 191 Å². The molecule has 0 heterocycles. The molecule has 160 valence electrons. The zero-order chi connectivity index (χ0) is 22.0. The first kappa shape index (κ1) is 24.0. The molecule has 8 N–H and O–H groups in total. The summed E-state index contributed by atoms with van der Waals surface area (Å²) < 4.78 is 0. The molecule has 0 saturated heterocycles. The van der Waals surface area contributed by atoms with E-state index in [1.807, 2.05) is 0 Å². The molecule has 1 aromatic rings. The Labute approximate surface area is 167 Å². The van der Waals surface area contributed by atoms with Crippen LogP contribution in [0.5, 0.6) is 0 Å². The molecular formula is C18H26N4O7. The Bertz CT molecular complexity index is 711. The van der Waals surface area contributed by atoms with Crippen LogP contribution < -0.4 is 21.7 Å². The Morgan fingerprint density at radius 2 is 1.66 bits per heavy atom. The van der Waals surface area contributed by atoms with Crippen molar-refractivity contribution in [3.8, 4) is 0 Å². The Kier molecular flexibility index (Phi) is 9.72. The standard InChI is InChI=1S/C18H26N4O7/c1-10(24)15(19)17(27)22-13(9-23)16(26)20-8-14(25)21-12(18(28)29)7-11-5-3-2-4-6-11/h2-6,10,12-13,15,23-24H,7-9,19H2,1H3,(H,20,26)(H,21,25)(H,22,27)(H,28,29). The largest absolute Gasteiger partial charge is 0.480 e. The monoisotopic (exact) mass is 410 g/mol. The van der Waals surface area contributed by atoms with Crippen molar-refractivity contribution in [2.75, 3.05) is 13.2 Å². The quantitative estimate of drug-likeness (QED) is 0.202. The highest BCUT2D eigenvalue weighted by Gasteiger charge is 2.26. The molecule has 0 aliphatic carbocycles. The number of nitrogens with one attached hydrogen (secondary N) is 3. The zero-order valence-electron chi connectivity index (χ0n) is 15.9. The molecular weight excluding hydrogens is 384 g/mol. The lowest BCUT2D eigenvalue weighted by Gasteiger charge is -2.20. The van der Waals surface area contributed by atoms with Gasteiger partial charge in [0, 0.05) is 6.42 Å². The number of amides is 3. The lowest BCUT2D eigenvalue weighted by Crippen LogP contribution is -2.56. The summed E-state index contributed by atoms with van der Waals surface area (Å²) in [6.07, 6.45) is -1.11. The van der Waals surface area contributed by atoms with E-state index in [9.17, 15) is 34.5 Å². The number of rotatable bonds is 11. The van der Waals surface area contributed by atoms with Gasteiger partial charge in [0.1, 0.15) is 18.1 Å². The van der Waals surface area contributed by atoms with Gasteiger partial charge in [-0.2, -0.15) is 0 Å². The molecule has 0 radical (unpaired) electrons. The van der Waals surface area contributed by atoms with Crippen LogP contribution >= 0.6 is 0 Å². The summed E-state index contributed by atoms with van der Waals surface area (Å²) in [5.74, 6) is -3.72. The maximum absolute atomic E-state index is 12.0. The Hall–Kier alpha value is -3.02. The van der Waals surface area contributed by atoms with E-state index in [0.717, 1.165) is 0 Å². The van der Waals surface area contributed by atoms with Crippen molar-refractivity contribution < 1.29 is 34.5 Å². The van der Waals surface area contributed by atoms with Crippen LogP contribution in [0.2, 0.25) is 0 Å². The SMILES string of the molecule is CC(O)C(N)C(=O)NC(CO)C(=O)NCC(=O)NC(Cc1ccccc1)C(=O)O. The van der Waals surface area contributed by atoms with Crippen LogP contribution in [0.1, 0.15) is 12.5 Å². The van der Waals surface area contributed by atoms with Crippen molar-refractivity contribution in [2.45, 2.75) is 37.6 Å². The molecule has 3 amide bonds. The van der Waals surface area contributed by atoms with Crippen molar-refractivity contribution in [1.29, 1.82) is 0 Å². The first-order chi connectivity index (χ1) is 13.6. The number of aliphatic carboxylic acids is 1. The van der Waals surface area contributed by atoms with Crippen LogP contribution in [-0.2, 0) is 25.6 Å². The average Bonchev–Trinajstić information content (AvgIpc) is 2.69. The van der Waals surface area contributed by atoms with Gasteiger partial charge < -0.3 is 37.0 Å². The second-order valence-electron chi connectivity index (χ2n) is 6.38. The fourth-order valence-corrected chi connectivity index (χ4v) is 2.27. The van der Waals surface area contributed by atoms with Crippen molar-refractivity contribution in [3.05, 3.63) is 35.9 Å². The number of hydrogen-bond donors (Lipinski definition) is 7. The van der Waals surface area contributed by atoms with Gasteiger partial charge in [0.15, 0.2) is 0 Å². The smallest absolute Gasteiger partial charge is 0.326 e. The first-order valence-electron chi connectivity index (χ1n) is 8.84. The summed E-state index contributed by atoms with van der Waals surface area (Å²) in [5.41, 5.74) is 6.15. The molecule has 11 nitrogen and oxygen atoms in total. The number of aliphatic hydroxyl groups is 2. The predicted octanol–water partition coefficient (Wildman–Crippen LogP) is -2.90. The van der Waals surface area contributed by atoms with E-state index >= 15 is 0 Å². The molecule has 0 saturated carbocycles. The summed E-state index contributed by atoms with van der Waals surface area (Å²) in [6, 6.07) is 4.81. The maximum atomic E-state index is 12.0. The lowest BCUT2D eigenvalue weighted by molar-refractivity contribution is -0.141. The van der Waals surface area contributed by atoms with Crippen LogP contribution in [0.3, 0.4) is 0 Å². The summed E-state index contributed by atoms with van der Waals surface area (Å²) in [6.45, 7) is -0.0410. The maximum Gasteiger partial charge on any atom is 0.326 e. The number of benzene rings is 1. The second-order valence-corrected chi connectivity index (χ2v) is 6.38. The van der Waals surface area contributed by atoms with Gasteiger partial charge in [0.2, 0.25) is 17.7 Å². The Morgan fingerprint density at radius 3 is 2.17 bits per heavy atom. The molecule has 4 atom stereocenters. The van der Waals surface area contributed by atoms with Crippen molar-refractivity contribution in [1.82, 2.24) is 16.0 Å². The molecule has 0 aliphatic rings. The first-order valence-corrected chi connectivity index (χ1v) is 8.84. The predicted molar refractivity (Wildman–Crippen MR) is 101 cm³/mol. The Balaban J connectivity index is 2.56. The second kappa shape index (κ2) is 11.7. The average molecular weight is 410 g/mol. The summed E-state index contributed by atoms with van der Waals surface area (Å²) in [4.78, 5) is 47.1. The summed E-state index contributed by atoms with van der Waals surface area (Å²) in [7, 11) is 0. The normalized spacial score (nSPS) is 14.8. The van der Waals surface area contributed by atoms with Gasteiger partial charge >= 0.3 is 5.97 Å². The van der Waals surface area contributed by atoms with Gasteiger partial charge in [-0.3, -0.25) is 14.4 Å². The molecule has 0 fully saturated rings. The van der Waals surface area contributed by atoms with Crippen LogP contribution in [0.15, 0.2) is 30.3 Å². The highest BCUT2D eigenvalue weighted by atomic mass is 16.4. The fourth-order valence-electron chi connectivity index (χ4n) is 2.27. The van der Waals surface area contributed by atoms with E-state index in [1.54, 1.807) is 30.3 Å². The molecule has 0 bridgehead atoms. The molecule has 0 aromatic heterocycles. The fraction of sp³-hybridized carbons (Fsp3) is 0.444. The highest BCUT2D eigenvalue weighted by molar-refractivity contribution is 5.92. The van der Waals surface area contributed by atoms with Gasteiger partial charge in [0.05, 0.1) is 19.3 Å². The van der Waals surface area contributed by atoms with Gasteiger partial charge in [0.25, 0.3) is 0 Å². The van der Waals surface area contributed by atoms with Crippen LogP contribution in [-0.4, -0.2) is 76.4 Å². The van der Waals surface area contributed by atoms with Crippen molar-refractivity contribution >= 4 is 23.7 Å². The third-order valence-electron chi connectivity index (χ3n) is 3.98. The minimum atomic E-state index is -1.39. The molecule has 1 aromatic carbocycles. The molecule has 1 rings (SSSR count). The number of hydrogen-bond acceptors (Lipinski definition) is 7. The van der Waals surface area contributed by atoms with Gasteiger partial charge in [-0.15, -0.1) is 0 Å². The summed E-state index contributed by atoms with van der Waals surface area (Å²) in [5, 5.41) is 34.4. The molecule has 29 heavy (non-hydrogen) atoms. The van der Waals surface area contributed by atoms with Crippen LogP contribution in [0.4, 0.5) is 0 Å². The van der Waals surface area contributed by atoms with E-state index in [0.29, 0.717) is 5.56 Å². The number of carbonyl (C=O) groups excluding carboxylic acids is 3. The van der Waals surface area contributed by atoms with E-state index < -0.39 is 61.1 Å². The van der Waals surface area contributed by atoms with Crippen molar-refractivity contribution in [3.63, 3.8) is 0 Å². The van der Waals surface area contributed by atoms with E-state index in [1.165, 1.54) is 6.92 Å². The molecule has 11 heteroatoms. The third-order valence-corrected chi connectivity index (χ3v) is 3.98. The lowest BCUT2D eigenvalue weighted by atomic mass is 10.1. The van der Waals surface area contributed by atoms with E-state index in [2.05, 4.69) is 16.0 Å². The van der Waals surface area contributed by atoms with Gasteiger partial charge in [-0.1, -0.05) is 30.3 Å². The molecule has 4 unspecified atom stereocenters. The third kappa shape index (κ3) is 8.25. The van der Waals surface area contributed by atoms with Crippen molar-refractivity contribution in [2.24, 2.45) is 5.73 Å². The minimum absolute atomic E-state index is 0.0580. The van der Waals surface area contributed by atoms with Crippen LogP contribution in [0.25, 0.3) is 0 Å². The minimum Gasteiger partial charge on any atom is -0.480 e. The number of carboxylic acid groups (broad SMARTS) is 1. The van der Waals surface area contributed by atoms with Gasteiger partial charge in [-0.05, 0) is 12.5 Å². The molecule has 0 spiro atoms. The number of carboxylic acids is 1. The Morgan fingerprint density at radius 1 is 1.03 bits per heavy atom. The highest BCUT2D eigenvalue weighted by Crippen LogP contribution is 2.03. The number of nitrogens with two attached hydrogens (primary N) is 1. The van der Waals surface area contributed by atoms with Crippen LogP contribution in [0, 0.1) is 0 Å². The summed E-state index contributed by atoms with van der Waals surface area (Å²) >= 11 is 0.